The van der Waals surface area contributed by atoms with Crippen molar-refractivity contribution in [3.05, 3.63) is 29.8 Å². The summed E-state index contributed by atoms with van der Waals surface area (Å²) in [4.78, 5) is 11.7. The van der Waals surface area contributed by atoms with Crippen LogP contribution >= 0.6 is 0 Å². The van der Waals surface area contributed by atoms with Crippen molar-refractivity contribution in [3.63, 3.8) is 0 Å². The summed E-state index contributed by atoms with van der Waals surface area (Å²) in [6.07, 6.45) is -3.43. The summed E-state index contributed by atoms with van der Waals surface area (Å²) < 4.78 is 40.1. The molecule has 0 unspecified atom stereocenters. The van der Waals surface area contributed by atoms with Crippen LogP contribution in [0.25, 0.3) is 0 Å². The smallest absolute Gasteiger partial charge is 0.406 e. The van der Waals surface area contributed by atoms with E-state index in [9.17, 15) is 23.1 Å². The highest BCUT2D eigenvalue weighted by molar-refractivity contribution is 5.78. The molecule has 7 heteroatoms. The maximum Gasteiger partial charge on any atom is 0.573 e. The quantitative estimate of drug-likeness (QED) is 0.845. The lowest BCUT2D eigenvalue weighted by Crippen LogP contribution is -2.34. The van der Waals surface area contributed by atoms with E-state index < -0.39 is 12.5 Å². The van der Waals surface area contributed by atoms with Crippen molar-refractivity contribution in [1.29, 1.82) is 0 Å². The maximum absolute atomic E-state index is 12.1. The summed E-state index contributed by atoms with van der Waals surface area (Å²) in [5.74, 6) is -0.446. The molecule has 1 aliphatic carbocycles. The number of hydrogen-bond donors (Lipinski definition) is 2. The third kappa shape index (κ3) is 5.63. The van der Waals surface area contributed by atoms with Crippen molar-refractivity contribution in [3.8, 4) is 5.75 Å². The highest BCUT2D eigenvalue weighted by Crippen LogP contribution is 2.32. The number of rotatable bonds is 6. The number of halogens is 3. The number of aliphatic hydroxyl groups excluding tert-OH is 1. The Morgan fingerprint density at radius 2 is 2.14 bits per heavy atom. The summed E-state index contributed by atoms with van der Waals surface area (Å²) in [7, 11) is 0. The molecule has 0 spiro atoms. The van der Waals surface area contributed by atoms with Crippen LogP contribution in [0.3, 0.4) is 0 Å². The van der Waals surface area contributed by atoms with Gasteiger partial charge in [-0.2, -0.15) is 0 Å². The second kappa shape index (κ2) is 6.34. The van der Waals surface area contributed by atoms with Crippen molar-refractivity contribution in [2.24, 2.45) is 5.92 Å². The molecular weight excluding hydrogens is 287 g/mol. The van der Waals surface area contributed by atoms with Crippen molar-refractivity contribution in [1.82, 2.24) is 5.32 Å². The Morgan fingerprint density at radius 1 is 1.43 bits per heavy atom. The highest BCUT2D eigenvalue weighted by atomic mass is 19.4. The number of carbonyl (C=O) groups is 1. The zero-order valence-electron chi connectivity index (χ0n) is 11.2. The fourth-order valence-electron chi connectivity index (χ4n) is 1.97. The molecule has 1 aromatic carbocycles. The van der Waals surface area contributed by atoms with Crippen LogP contribution in [0.15, 0.2) is 24.3 Å². The van der Waals surface area contributed by atoms with E-state index in [-0.39, 0.29) is 30.5 Å². The monoisotopic (exact) mass is 303 g/mol. The molecule has 2 N–H and O–H groups in total. The van der Waals surface area contributed by atoms with E-state index >= 15 is 0 Å². The molecule has 1 amide bonds. The Kier molecular flexibility index (Phi) is 4.72. The fraction of sp³-hybridized carbons (Fsp3) is 0.500. The van der Waals surface area contributed by atoms with Gasteiger partial charge in [-0.15, -0.1) is 13.2 Å². The SMILES string of the molecule is O=C(Cc1cccc(OC(F)(F)F)c1)NC[C@H](O)C1CC1. The van der Waals surface area contributed by atoms with E-state index in [1.54, 1.807) is 6.07 Å². The van der Waals surface area contributed by atoms with Crippen molar-refractivity contribution in [2.45, 2.75) is 31.7 Å². The van der Waals surface area contributed by atoms with E-state index in [2.05, 4.69) is 10.1 Å². The summed E-state index contributed by atoms with van der Waals surface area (Å²) in [5, 5.41) is 12.2. The second-order valence-electron chi connectivity index (χ2n) is 5.08. The van der Waals surface area contributed by atoms with Crippen LogP contribution in [0.4, 0.5) is 13.2 Å². The minimum Gasteiger partial charge on any atom is -0.406 e. The zero-order chi connectivity index (χ0) is 15.5. The number of hydrogen-bond acceptors (Lipinski definition) is 3. The van der Waals surface area contributed by atoms with E-state index in [1.165, 1.54) is 18.2 Å². The zero-order valence-corrected chi connectivity index (χ0v) is 11.2. The van der Waals surface area contributed by atoms with Gasteiger partial charge in [0.15, 0.2) is 0 Å². The minimum atomic E-state index is -4.75. The molecule has 4 nitrogen and oxygen atoms in total. The topological polar surface area (TPSA) is 58.6 Å². The molecule has 1 aromatic rings. The van der Waals surface area contributed by atoms with Crippen LogP contribution in [0, 0.1) is 5.92 Å². The van der Waals surface area contributed by atoms with Gasteiger partial charge in [0.05, 0.1) is 12.5 Å². The van der Waals surface area contributed by atoms with Gasteiger partial charge in [0.25, 0.3) is 0 Å². The molecule has 1 aliphatic rings. The summed E-state index contributed by atoms with van der Waals surface area (Å²) in [6, 6.07) is 5.28. The molecule has 1 fully saturated rings. The van der Waals surface area contributed by atoms with Crippen LogP contribution in [-0.4, -0.2) is 30.0 Å². The number of ether oxygens (including phenoxy) is 1. The Hall–Kier alpha value is -1.76. The molecule has 0 saturated heterocycles. The number of amides is 1. The molecule has 1 saturated carbocycles. The lowest BCUT2D eigenvalue weighted by Gasteiger charge is -2.12. The van der Waals surface area contributed by atoms with Gasteiger partial charge in [0.2, 0.25) is 5.91 Å². The standard InChI is InChI=1S/C14H16F3NO3/c15-14(16,17)21-11-3-1-2-9(6-11)7-13(20)18-8-12(19)10-4-5-10/h1-3,6,10,12,19H,4-5,7-8H2,(H,18,20)/t12-/m0/s1. The fourth-order valence-corrected chi connectivity index (χ4v) is 1.97. The Morgan fingerprint density at radius 3 is 2.76 bits per heavy atom. The third-order valence-corrected chi connectivity index (χ3v) is 3.17. The average molecular weight is 303 g/mol. The number of benzene rings is 1. The summed E-state index contributed by atoms with van der Waals surface area (Å²) in [6.45, 7) is 0.169. The molecule has 116 valence electrons. The van der Waals surface area contributed by atoms with Gasteiger partial charge in [-0.1, -0.05) is 12.1 Å². The van der Waals surface area contributed by atoms with Gasteiger partial charge >= 0.3 is 6.36 Å². The van der Waals surface area contributed by atoms with Gasteiger partial charge in [0.1, 0.15) is 5.75 Å². The van der Waals surface area contributed by atoms with Gasteiger partial charge in [0, 0.05) is 6.54 Å². The molecule has 0 aromatic heterocycles. The van der Waals surface area contributed by atoms with Gasteiger partial charge < -0.3 is 15.2 Å². The number of nitrogens with one attached hydrogen (secondary N) is 1. The Balaban J connectivity index is 1.83. The molecule has 2 rings (SSSR count). The molecule has 21 heavy (non-hydrogen) atoms. The van der Waals surface area contributed by atoms with E-state index in [0.717, 1.165) is 12.8 Å². The van der Waals surface area contributed by atoms with Crippen molar-refractivity contribution < 1.29 is 27.8 Å². The van der Waals surface area contributed by atoms with Gasteiger partial charge in [-0.05, 0) is 36.5 Å². The van der Waals surface area contributed by atoms with Gasteiger partial charge in [-0.25, -0.2) is 0 Å². The first-order chi connectivity index (χ1) is 9.83. The van der Waals surface area contributed by atoms with Crippen LogP contribution in [0.2, 0.25) is 0 Å². The molecule has 0 bridgehead atoms. The minimum absolute atomic E-state index is 0.0631. The maximum atomic E-state index is 12.1. The van der Waals surface area contributed by atoms with E-state index in [0.29, 0.717) is 5.56 Å². The van der Waals surface area contributed by atoms with Crippen LogP contribution in [-0.2, 0) is 11.2 Å². The first-order valence-electron chi connectivity index (χ1n) is 6.63. The van der Waals surface area contributed by atoms with E-state index in [1.807, 2.05) is 0 Å². The van der Waals surface area contributed by atoms with Gasteiger partial charge in [-0.3, -0.25) is 4.79 Å². The molecule has 0 radical (unpaired) electrons. The molecule has 0 heterocycles. The van der Waals surface area contributed by atoms with Crippen LogP contribution < -0.4 is 10.1 Å². The first-order valence-corrected chi connectivity index (χ1v) is 6.63. The van der Waals surface area contributed by atoms with Crippen molar-refractivity contribution in [2.75, 3.05) is 6.54 Å². The highest BCUT2D eigenvalue weighted by Gasteiger charge is 2.31. The van der Waals surface area contributed by atoms with E-state index in [4.69, 9.17) is 0 Å². The summed E-state index contributed by atoms with van der Waals surface area (Å²) >= 11 is 0. The first kappa shape index (κ1) is 15.6. The lowest BCUT2D eigenvalue weighted by atomic mass is 10.1. The van der Waals surface area contributed by atoms with Crippen LogP contribution in [0.1, 0.15) is 18.4 Å². The molecular formula is C14H16F3NO3. The summed E-state index contributed by atoms with van der Waals surface area (Å²) in [5.41, 5.74) is 0.412. The Bertz CT molecular complexity index is 500. The normalized spacial score (nSPS) is 16.4. The Labute approximate surface area is 119 Å². The number of alkyl halides is 3. The lowest BCUT2D eigenvalue weighted by molar-refractivity contribution is -0.274. The predicted octanol–water partition coefficient (Wildman–Crippen LogP) is 2.01. The largest absolute Gasteiger partial charge is 0.573 e. The number of carbonyl (C=O) groups excluding carboxylic acids is 1. The number of aliphatic hydroxyl groups is 1. The average Bonchev–Trinajstić information content (AvgIpc) is 3.18. The second-order valence-corrected chi connectivity index (χ2v) is 5.08. The molecule has 1 atom stereocenters. The third-order valence-electron chi connectivity index (χ3n) is 3.17. The predicted molar refractivity (Wildman–Crippen MR) is 68.6 cm³/mol. The molecule has 0 aliphatic heterocycles. The van der Waals surface area contributed by atoms with Crippen molar-refractivity contribution >= 4 is 5.91 Å². The van der Waals surface area contributed by atoms with Crippen LogP contribution in [0.5, 0.6) is 5.75 Å².